The molecule has 2 aromatic carbocycles. The number of nitrogen functional groups attached to an aromatic ring is 1. The third kappa shape index (κ3) is 3.76. The second-order valence-electron chi connectivity index (χ2n) is 7.01. The van der Waals surface area contributed by atoms with Crippen molar-refractivity contribution in [3.05, 3.63) is 76.3 Å². The summed E-state index contributed by atoms with van der Waals surface area (Å²) in [5.41, 5.74) is 5.36. The molecule has 0 bridgehead atoms. The molecule has 0 saturated carbocycles. The number of nitrogens with zero attached hydrogens (tertiary/aromatic N) is 3. The lowest BCUT2D eigenvalue weighted by Gasteiger charge is -2.13. The maximum Gasteiger partial charge on any atom is 0.257 e. The van der Waals surface area contributed by atoms with Crippen LogP contribution < -0.4 is 11.1 Å². The molecule has 1 amide bonds. The number of amides is 1. The summed E-state index contributed by atoms with van der Waals surface area (Å²) in [6.07, 6.45) is -0.312. The van der Waals surface area contributed by atoms with Gasteiger partial charge in [-0.25, -0.2) is 18.7 Å². The second-order valence-corrected chi connectivity index (χ2v) is 7.44. The number of halogens is 3. The van der Waals surface area contributed by atoms with E-state index < -0.39 is 42.0 Å². The quantitative estimate of drug-likeness (QED) is 0.423. The van der Waals surface area contributed by atoms with Gasteiger partial charge in [-0.15, -0.1) is 0 Å². The third-order valence-corrected chi connectivity index (χ3v) is 5.01. The van der Waals surface area contributed by atoms with E-state index in [1.54, 1.807) is 13.0 Å². The van der Waals surface area contributed by atoms with E-state index in [1.165, 1.54) is 28.8 Å². The van der Waals surface area contributed by atoms with Gasteiger partial charge in [0.25, 0.3) is 5.91 Å². The second kappa shape index (κ2) is 8.18. The Kier molecular flexibility index (Phi) is 4.61. The number of aryl methyl sites for hydroxylation is 2. The number of carbonyl (C=O) groups excluding carboxylic acids is 1. The van der Waals surface area contributed by atoms with E-state index in [2.05, 4.69) is 15.3 Å². The Balaban J connectivity index is 1.75. The highest BCUT2D eigenvalue weighted by molar-refractivity contribution is 6.30. The molecule has 4 aromatic rings. The zero-order valence-corrected chi connectivity index (χ0v) is 17.3. The maximum absolute atomic E-state index is 15.2. The molecule has 10 heteroatoms. The first-order valence-electron chi connectivity index (χ1n) is 10.8. The van der Waals surface area contributed by atoms with Gasteiger partial charge in [-0.05, 0) is 43.6 Å². The van der Waals surface area contributed by atoms with Crippen LogP contribution in [0.1, 0.15) is 27.3 Å². The number of anilines is 2. The van der Waals surface area contributed by atoms with Crippen LogP contribution in [0.15, 0.2) is 42.6 Å². The van der Waals surface area contributed by atoms with Gasteiger partial charge in [0.05, 0.1) is 11.4 Å². The normalized spacial score (nSPS) is 14.0. The predicted molar refractivity (Wildman–Crippen MR) is 117 cm³/mol. The average molecular weight is 461 g/mol. The minimum absolute atomic E-state index is 0.00631. The fourth-order valence-corrected chi connectivity index (χ4v) is 3.51. The first kappa shape index (κ1) is 18.1. The first-order valence-corrected chi connectivity index (χ1v) is 9.64. The molecular formula is C22H18ClF2N5O2. The molecule has 0 spiro atoms. The lowest BCUT2D eigenvalue weighted by molar-refractivity contribution is -0.124. The van der Waals surface area contributed by atoms with Gasteiger partial charge in [-0.1, -0.05) is 23.7 Å². The molecule has 7 nitrogen and oxygen atoms in total. The predicted octanol–water partition coefficient (Wildman–Crippen LogP) is 4.20. The lowest BCUT2D eigenvalue weighted by atomic mass is 10.1. The SMILES string of the molecule is [2H]C([2H])([2H])c1nc(-c2ccc(NC(=O)[C@@H](O)c3cccc(Cl)c3)c(F)c2F)c2c(N)nc(C)cn12. The molecule has 0 saturated heterocycles. The van der Waals surface area contributed by atoms with Crippen LogP contribution in [0.3, 0.4) is 0 Å². The molecule has 164 valence electrons. The number of nitrogens with one attached hydrogen (secondary N) is 1. The number of hydrogen-bond acceptors (Lipinski definition) is 5. The summed E-state index contributed by atoms with van der Waals surface area (Å²) in [7, 11) is 0. The van der Waals surface area contributed by atoms with Crippen LogP contribution in [0.25, 0.3) is 16.8 Å². The van der Waals surface area contributed by atoms with E-state index >= 15 is 4.39 Å². The Bertz CT molecular complexity index is 1480. The van der Waals surface area contributed by atoms with E-state index in [0.29, 0.717) is 5.69 Å². The molecule has 0 radical (unpaired) electrons. The van der Waals surface area contributed by atoms with Gasteiger partial charge in [-0.2, -0.15) is 0 Å². The van der Waals surface area contributed by atoms with Crippen molar-refractivity contribution < 1.29 is 22.8 Å². The Morgan fingerprint density at radius 2 is 2.06 bits per heavy atom. The summed E-state index contributed by atoms with van der Waals surface area (Å²) in [6, 6.07) is 8.05. The van der Waals surface area contributed by atoms with Crippen LogP contribution in [0.5, 0.6) is 0 Å². The van der Waals surface area contributed by atoms with Crippen molar-refractivity contribution in [2.24, 2.45) is 0 Å². The zero-order chi connectivity index (χ0) is 25.7. The van der Waals surface area contributed by atoms with E-state index in [0.717, 1.165) is 12.1 Å². The van der Waals surface area contributed by atoms with Crippen LogP contribution in [-0.4, -0.2) is 25.4 Å². The van der Waals surface area contributed by atoms with Gasteiger partial charge >= 0.3 is 0 Å². The lowest BCUT2D eigenvalue weighted by Crippen LogP contribution is -2.21. The van der Waals surface area contributed by atoms with Gasteiger partial charge in [0.2, 0.25) is 0 Å². The van der Waals surface area contributed by atoms with Crippen molar-refractivity contribution >= 4 is 34.5 Å². The molecule has 2 heterocycles. The smallest absolute Gasteiger partial charge is 0.257 e. The summed E-state index contributed by atoms with van der Waals surface area (Å²) in [5.74, 6) is -4.38. The van der Waals surface area contributed by atoms with Crippen molar-refractivity contribution in [2.45, 2.75) is 19.9 Å². The first-order chi connectivity index (χ1) is 16.4. The highest BCUT2D eigenvalue weighted by Gasteiger charge is 2.24. The minimum Gasteiger partial charge on any atom is -0.382 e. The van der Waals surface area contributed by atoms with Crippen LogP contribution in [-0.2, 0) is 4.79 Å². The summed E-state index contributed by atoms with van der Waals surface area (Å²) in [5, 5.41) is 12.7. The average Bonchev–Trinajstić information content (AvgIpc) is 3.16. The van der Waals surface area contributed by atoms with Crippen molar-refractivity contribution in [3.8, 4) is 11.3 Å². The highest BCUT2D eigenvalue weighted by Crippen LogP contribution is 2.33. The molecule has 4 N–H and O–H groups in total. The van der Waals surface area contributed by atoms with Crippen molar-refractivity contribution in [1.29, 1.82) is 0 Å². The highest BCUT2D eigenvalue weighted by atomic mass is 35.5. The van der Waals surface area contributed by atoms with E-state index in [9.17, 15) is 14.3 Å². The monoisotopic (exact) mass is 460 g/mol. The number of nitrogens with two attached hydrogens (primary N) is 1. The van der Waals surface area contributed by atoms with Crippen molar-refractivity contribution in [2.75, 3.05) is 11.1 Å². The maximum atomic E-state index is 15.2. The van der Waals surface area contributed by atoms with E-state index in [-0.39, 0.29) is 33.2 Å². The molecule has 0 unspecified atom stereocenters. The summed E-state index contributed by atoms with van der Waals surface area (Å²) in [6.45, 7) is -1.09. The summed E-state index contributed by atoms with van der Waals surface area (Å²) < 4.78 is 54.5. The van der Waals surface area contributed by atoms with Crippen LogP contribution in [0, 0.1) is 25.4 Å². The number of carbonyl (C=O) groups is 1. The largest absolute Gasteiger partial charge is 0.382 e. The number of aliphatic hydroxyl groups excluding tert-OH is 1. The Morgan fingerprint density at radius 1 is 1.28 bits per heavy atom. The number of hydrogen-bond donors (Lipinski definition) is 3. The van der Waals surface area contributed by atoms with Crippen molar-refractivity contribution in [1.82, 2.24) is 14.4 Å². The molecule has 1 atom stereocenters. The van der Waals surface area contributed by atoms with E-state index in [1.807, 2.05) is 0 Å². The number of aromatic nitrogens is 3. The molecule has 0 fully saturated rings. The van der Waals surface area contributed by atoms with Crippen molar-refractivity contribution in [3.63, 3.8) is 0 Å². The molecule has 32 heavy (non-hydrogen) atoms. The van der Waals surface area contributed by atoms with Gasteiger partial charge in [-0.3, -0.25) is 9.20 Å². The van der Waals surface area contributed by atoms with Gasteiger partial charge in [0.1, 0.15) is 22.9 Å². The summed E-state index contributed by atoms with van der Waals surface area (Å²) >= 11 is 5.86. The molecule has 0 aliphatic carbocycles. The van der Waals surface area contributed by atoms with E-state index in [4.69, 9.17) is 21.4 Å². The topological polar surface area (TPSA) is 106 Å². The van der Waals surface area contributed by atoms with Gasteiger partial charge in [0.15, 0.2) is 17.7 Å². The Labute approximate surface area is 190 Å². The fourth-order valence-electron chi connectivity index (χ4n) is 3.31. The molecule has 0 aliphatic heterocycles. The number of imidazole rings is 1. The summed E-state index contributed by atoms with van der Waals surface area (Å²) in [4.78, 5) is 20.5. The number of fused-ring (bicyclic) bond motifs is 1. The molecule has 0 aliphatic rings. The standard InChI is InChI=1S/C22H18ClF2N5O2/c1-10-9-30-11(2)28-18(19(30)21(26)27-10)14-6-7-15(17(25)16(14)24)29-22(32)20(31)12-4-3-5-13(23)8-12/h3-9,20,31H,1-2H3,(H2,26,27)(H,29,32)/t20-/m0/s1/i2D3. The number of benzene rings is 2. The molecular weight excluding hydrogens is 440 g/mol. The third-order valence-electron chi connectivity index (χ3n) is 4.77. The van der Waals surface area contributed by atoms with Crippen LogP contribution in [0.2, 0.25) is 5.02 Å². The molecule has 4 rings (SSSR count). The number of aliphatic hydroxyl groups is 1. The van der Waals surface area contributed by atoms with Gasteiger partial charge < -0.3 is 16.2 Å². The Morgan fingerprint density at radius 3 is 2.78 bits per heavy atom. The number of rotatable bonds is 4. The molecule has 2 aromatic heterocycles. The zero-order valence-electron chi connectivity index (χ0n) is 19.5. The van der Waals surface area contributed by atoms with Crippen LogP contribution in [0.4, 0.5) is 20.3 Å². The van der Waals surface area contributed by atoms with Crippen LogP contribution >= 0.6 is 11.6 Å². The van der Waals surface area contributed by atoms with Gasteiger partial charge in [0, 0.05) is 20.9 Å². The fraction of sp³-hybridized carbons (Fsp3) is 0.136. The Hall–Kier alpha value is -3.56. The minimum atomic E-state index is -2.68.